The molecule has 35 heavy (non-hydrogen) atoms. The summed E-state index contributed by atoms with van der Waals surface area (Å²) in [6, 6.07) is 11.4. The highest BCUT2D eigenvalue weighted by molar-refractivity contribution is 5.64. The SMILES string of the molecule is COc1cncc(-c2ncc(-c3ccnc(Nc4cccc(OCCCN(C)CCO)c4)n3)[nH]2)c1. The minimum atomic E-state index is 0.162. The van der Waals surface area contributed by atoms with E-state index in [1.165, 1.54) is 0 Å². The van der Waals surface area contributed by atoms with Gasteiger partial charge < -0.3 is 29.8 Å². The number of aliphatic hydroxyl groups excluding tert-OH is 1. The fourth-order valence-electron chi connectivity index (χ4n) is 3.43. The van der Waals surface area contributed by atoms with Crippen LogP contribution in [0.15, 0.2) is 61.2 Å². The van der Waals surface area contributed by atoms with Crippen molar-refractivity contribution in [1.29, 1.82) is 0 Å². The number of H-pyrrole nitrogens is 1. The maximum atomic E-state index is 8.97. The number of hydrogen-bond acceptors (Lipinski definition) is 9. The van der Waals surface area contributed by atoms with E-state index in [-0.39, 0.29) is 6.61 Å². The third-order valence-corrected chi connectivity index (χ3v) is 5.25. The van der Waals surface area contributed by atoms with Crippen LogP contribution in [0.3, 0.4) is 0 Å². The topological polar surface area (TPSA) is 121 Å². The van der Waals surface area contributed by atoms with Crippen LogP contribution in [0, 0.1) is 0 Å². The highest BCUT2D eigenvalue weighted by Gasteiger charge is 2.10. The van der Waals surface area contributed by atoms with Gasteiger partial charge in [0.25, 0.3) is 0 Å². The van der Waals surface area contributed by atoms with E-state index in [1.807, 2.05) is 43.4 Å². The number of ether oxygens (including phenoxy) is 2. The summed E-state index contributed by atoms with van der Waals surface area (Å²) >= 11 is 0. The Balaban J connectivity index is 1.39. The molecule has 0 atom stereocenters. The van der Waals surface area contributed by atoms with E-state index >= 15 is 0 Å². The number of benzene rings is 1. The van der Waals surface area contributed by atoms with Gasteiger partial charge in [-0.05, 0) is 37.7 Å². The molecule has 3 N–H and O–H groups in total. The molecule has 3 heterocycles. The van der Waals surface area contributed by atoms with Crippen LogP contribution >= 0.6 is 0 Å². The largest absolute Gasteiger partial charge is 0.495 e. The molecule has 0 fully saturated rings. The van der Waals surface area contributed by atoms with Crippen molar-refractivity contribution >= 4 is 11.6 Å². The van der Waals surface area contributed by atoms with Crippen molar-refractivity contribution in [3.63, 3.8) is 0 Å². The normalized spacial score (nSPS) is 11.0. The second-order valence-electron chi connectivity index (χ2n) is 7.91. The first kappa shape index (κ1) is 24.1. The summed E-state index contributed by atoms with van der Waals surface area (Å²) in [6.07, 6.45) is 7.67. The molecule has 0 aliphatic heterocycles. The minimum Gasteiger partial charge on any atom is -0.495 e. The van der Waals surface area contributed by atoms with Gasteiger partial charge in [0, 0.05) is 42.8 Å². The first-order chi connectivity index (χ1) is 17.1. The lowest BCUT2D eigenvalue weighted by Gasteiger charge is -2.15. The van der Waals surface area contributed by atoms with Crippen molar-refractivity contribution in [2.24, 2.45) is 0 Å². The molecule has 10 heteroatoms. The molecule has 4 rings (SSSR count). The molecule has 10 nitrogen and oxygen atoms in total. The lowest BCUT2D eigenvalue weighted by Crippen LogP contribution is -2.24. The van der Waals surface area contributed by atoms with Crippen LogP contribution in [0.2, 0.25) is 0 Å². The molecule has 0 aliphatic rings. The maximum Gasteiger partial charge on any atom is 0.227 e. The highest BCUT2D eigenvalue weighted by atomic mass is 16.5. The number of imidazole rings is 1. The molecule has 0 saturated heterocycles. The molecule has 0 radical (unpaired) electrons. The number of rotatable bonds is 12. The van der Waals surface area contributed by atoms with E-state index in [9.17, 15) is 0 Å². The molecule has 4 aromatic rings. The van der Waals surface area contributed by atoms with Crippen molar-refractivity contribution in [2.45, 2.75) is 6.42 Å². The third-order valence-electron chi connectivity index (χ3n) is 5.25. The number of likely N-dealkylation sites (N-methyl/N-ethyl adjacent to an activating group) is 1. The summed E-state index contributed by atoms with van der Waals surface area (Å²) in [5.41, 5.74) is 3.11. The average Bonchev–Trinajstić information content (AvgIpc) is 3.38. The number of aliphatic hydroxyl groups is 1. The standard InChI is InChI=1S/C25H29N7O3/c1-32(10-11-33)9-4-12-35-20-6-3-5-19(14-20)29-25-27-8-7-22(31-25)23-17-28-24(30-23)18-13-21(34-2)16-26-15-18/h3,5-8,13-17,33H,4,9-12H2,1-2H3,(H,28,30)(H,27,29,31). The van der Waals surface area contributed by atoms with Crippen LogP contribution in [0.1, 0.15) is 6.42 Å². The predicted octanol–water partition coefficient (Wildman–Crippen LogP) is 3.37. The number of anilines is 2. The van der Waals surface area contributed by atoms with Crippen LogP contribution in [-0.4, -0.2) is 75.4 Å². The van der Waals surface area contributed by atoms with Gasteiger partial charge in [0.05, 0.1) is 44.1 Å². The molecule has 182 valence electrons. The Hall–Kier alpha value is -4.02. The Labute approximate surface area is 204 Å². The van der Waals surface area contributed by atoms with Crippen molar-refractivity contribution < 1.29 is 14.6 Å². The van der Waals surface area contributed by atoms with Crippen LogP contribution in [0.5, 0.6) is 11.5 Å². The lowest BCUT2D eigenvalue weighted by molar-refractivity contribution is 0.207. The lowest BCUT2D eigenvalue weighted by atomic mass is 10.2. The number of nitrogens with zero attached hydrogens (tertiary/aromatic N) is 5. The summed E-state index contributed by atoms with van der Waals surface area (Å²) in [5.74, 6) is 2.56. The fraction of sp³-hybridized carbons (Fsp3) is 0.280. The monoisotopic (exact) mass is 475 g/mol. The number of methoxy groups -OCH3 is 1. The predicted molar refractivity (Wildman–Crippen MR) is 134 cm³/mol. The van der Waals surface area contributed by atoms with Gasteiger partial charge in [-0.3, -0.25) is 4.98 Å². The number of hydrogen-bond donors (Lipinski definition) is 3. The van der Waals surface area contributed by atoms with Crippen LogP contribution < -0.4 is 14.8 Å². The molecular formula is C25H29N7O3. The number of aromatic nitrogens is 5. The molecule has 0 aliphatic carbocycles. The number of aromatic amines is 1. The summed E-state index contributed by atoms with van der Waals surface area (Å²) < 4.78 is 11.1. The minimum absolute atomic E-state index is 0.162. The molecule has 0 unspecified atom stereocenters. The molecule has 1 aromatic carbocycles. The van der Waals surface area contributed by atoms with Gasteiger partial charge in [0.15, 0.2) is 0 Å². The van der Waals surface area contributed by atoms with Gasteiger partial charge in [-0.15, -0.1) is 0 Å². The molecular weight excluding hydrogens is 446 g/mol. The van der Waals surface area contributed by atoms with E-state index in [1.54, 1.807) is 31.9 Å². The van der Waals surface area contributed by atoms with Gasteiger partial charge in [0.1, 0.15) is 17.3 Å². The second kappa shape index (κ2) is 11.9. The van der Waals surface area contributed by atoms with Gasteiger partial charge in [-0.1, -0.05) is 6.07 Å². The van der Waals surface area contributed by atoms with Crippen molar-refractivity contribution in [1.82, 2.24) is 29.8 Å². The molecule has 0 amide bonds. The van der Waals surface area contributed by atoms with E-state index in [2.05, 4.69) is 35.1 Å². The van der Waals surface area contributed by atoms with Gasteiger partial charge in [-0.2, -0.15) is 0 Å². The van der Waals surface area contributed by atoms with E-state index in [4.69, 9.17) is 14.6 Å². The average molecular weight is 476 g/mol. The van der Waals surface area contributed by atoms with Crippen LogP contribution in [0.4, 0.5) is 11.6 Å². The van der Waals surface area contributed by atoms with Crippen molar-refractivity contribution in [3.8, 4) is 34.3 Å². The third kappa shape index (κ3) is 6.75. The fourth-order valence-corrected chi connectivity index (χ4v) is 3.43. The number of nitrogens with one attached hydrogen (secondary N) is 2. The van der Waals surface area contributed by atoms with Crippen molar-refractivity contribution in [3.05, 3.63) is 61.2 Å². The quantitative estimate of drug-likeness (QED) is 0.265. The first-order valence-electron chi connectivity index (χ1n) is 11.3. The summed E-state index contributed by atoms with van der Waals surface area (Å²) in [6.45, 7) is 2.28. The summed E-state index contributed by atoms with van der Waals surface area (Å²) in [7, 11) is 3.58. The Morgan fingerprint density at radius 1 is 1.06 bits per heavy atom. The van der Waals surface area contributed by atoms with Gasteiger partial charge in [0.2, 0.25) is 5.95 Å². The molecule has 3 aromatic heterocycles. The zero-order chi connectivity index (χ0) is 24.5. The van der Waals surface area contributed by atoms with Crippen molar-refractivity contribution in [2.75, 3.05) is 45.8 Å². The summed E-state index contributed by atoms with van der Waals surface area (Å²) in [5, 5.41) is 12.2. The Morgan fingerprint density at radius 2 is 1.97 bits per heavy atom. The Kier molecular flexibility index (Phi) is 8.21. The smallest absolute Gasteiger partial charge is 0.227 e. The Bertz CT molecular complexity index is 1230. The number of pyridine rings is 1. The van der Waals surface area contributed by atoms with Gasteiger partial charge >= 0.3 is 0 Å². The molecule has 0 bridgehead atoms. The van der Waals surface area contributed by atoms with Crippen LogP contribution in [-0.2, 0) is 0 Å². The zero-order valence-electron chi connectivity index (χ0n) is 19.8. The Morgan fingerprint density at radius 3 is 2.83 bits per heavy atom. The first-order valence-corrected chi connectivity index (χ1v) is 11.3. The molecule has 0 saturated carbocycles. The van der Waals surface area contributed by atoms with E-state index in [0.29, 0.717) is 36.4 Å². The molecule has 0 spiro atoms. The second-order valence-corrected chi connectivity index (χ2v) is 7.91. The van der Waals surface area contributed by atoms with Gasteiger partial charge in [-0.25, -0.2) is 15.0 Å². The highest BCUT2D eigenvalue weighted by Crippen LogP contribution is 2.24. The van der Waals surface area contributed by atoms with E-state index < -0.39 is 0 Å². The van der Waals surface area contributed by atoms with E-state index in [0.717, 1.165) is 35.7 Å². The van der Waals surface area contributed by atoms with Crippen LogP contribution in [0.25, 0.3) is 22.8 Å². The maximum absolute atomic E-state index is 8.97. The summed E-state index contributed by atoms with van der Waals surface area (Å²) in [4.78, 5) is 22.9. The zero-order valence-corrected chi connectivity index (χ0v) is 19.8.